The second kappa shape index (κ2) is 5.68. The summed E-state index contributed by atoms with van der Waals surface area (Å²) >= 11 is 0. The Balaban J connectivity index is 2.25. The van der Waals surface area contributed by atoms with Crippen LogP contribution in [-0.4, -0.2) is 33.5 Å². The maximum absolute atomic E-state index is 12.3. The average molecular weight is 307 g/mol. The number of aromatic nitrogens is 3. The predicted molar refractivity (Wildman–Crippen MR) is 89.2 cm³/mol. The van der Waals surface area contributed by atoms with Gasteiger partial charge in [-0.2, -0.15) is 0 Å². The molecule has 3 aromatic heterocycles. The lowest BCUT2D eigenvalue weighted by Crippen LogP contribution is -2.21. The molecule has 0 radical (unpaired) electrons. The summed E-state index contributed by atoms with van der Waals surface area (Å²) in [6.45, 7) is 2.17. The highest BCUT2D eigenvalue weighted by atomic mass is 16.4. The van der Waals surface area contributed by atoms with E-state index in [0.717, 1.165) is 17.0 Å². The van der Waals surface area contributed by atoms with Gasteiger partial charge in [0.1, 0.15) is 11.2 Å². The molecule has 0 fully saturated rings. The maximum atomic E-state index is 12.3. The summed E-state index contributed by atoms with van der Waals surface area (Å²) in [7, 11) is 1.89. The number of fused-ring (bicyclic) bond motifs is 1. The average Bonchev–Trinajstić information content (AvgIpc) is 2.49. The van der Waals surface area contributed by atoms with Crippen LogP contribution in [0, 0.1) is 6.92 Å². The van der Waals surface area contributed by atoms with Gasteiger partial charge in [-0.15, -0.1) is 0 Å². The van der Waals surface area contributed by atoms with Crippen molar-refractivity contribution in [2.45, 2.75) is 13.5 Å². The molecule has 0 aromatic carbocycles. The molecule has 0 saturated carbocycles. The van der Waals surface area contributed by atoms with Crippen molar-refractivity contribution in [1.82, 2.24) is 14.5 Å². The van der Waals surface area contributed by atoms with E-state index >= 15 is 0 Å². The molecule has 0 amide bonds. The first kappa shape index (κ1) is 15.0. The number of carboxylic acid groups (broad SMARTS) is 1. The normalized spacial score (nSPS) is 10.8. The highest BCUT2D eigenvalue weighted by Gasteiger charge is 2.15. The number of carbonyl (C=O) groups is 1. The lowest BCUT2D eigenvalue weighted by molar-refractivity contribution is 0.0695. The molecule has 0 saturated heterocycles. The molecule has 23 heavy (non-hydrogen) atoms. The second-order valence-corrected chi connectivity index (χ2v) is 5.40. The Hall–Kier alpha value is -2.96. The van der Waals surface area contributed by atoms with Crippen LogP contribution in [0.15, 0.2) is 41.3 Å². The quantitative estimate of drug-likeness (QED) is 0.694. The largest absolute Gasteiger partial charge is 0.477 e. The molecule has 1 N–H and O–H groups in total. The van der Waals surface area contributed by atoms with E-state index in [1.165, 1.54) is 6.20 Å². The van der Waals surface area contributed by atoms with Crippen LogP contribution in [0.25, 0.3) is 11.0 Å². The second-order valence-electron chi connectivity index (χ2n) is 5.40. The van der Waals surface area contributed by atoms with Gasteiger partial charge in [-0.1, -0.05) is 12.1 Å². The Bertz CT molecular complexity index is 982. The summed E-state index contributed by atoms with van der Waals surface area (Å²) < 4.78 is 1.66. The molecule has 3 rings (SSSR count). The van der Waals surface area contributed by atoms with Gasteiger partial charge < -0.3 is 9.67 Å². The highest BCUT2D eigenvalue weighted by Crippen LogP contribution is 2.12. The Morgan fingerprint density at radius 2 is 2.04 bits per heavy atom. The molecule has 114 valence electrons. The van der Waals surface area contributed by atoms with Crippen molar-refractivity contribution in [3.63, 3.8) is 0 Å². The molecule has 3 heterocycles. The van der Waals surface area contributed by atoms with Crippen LogP contribution in [0.3, 0.4) is 0 Å². The van der Waals surface area contributed by atoms with Crippen molar-refractivity contribution >= 4 is 30.4 Å². The minimum absolute atomic E-state index is 0.268. The van der Waals surface area contributed by atoms with Crippen LogP contribution >= 0.6 is 0 Å². The number of aromatic carboxylic acids is 1. The van der Waals surface area contributed by atoms with Crippen molar-refractivity contribution in [2.24, 2.45) is 0 Å². The van der Waals surface area contributed by atoms with Crippen LogP contribution in [0.5, 0.6) is 0 Å². The van der Waals surface area contributed by atoms with Gasteiger partial charge in [0, 0.05) is 11.9 Å². The van der Waals surface area contributed by atoms with Crippen LogP contribution in [-0.2, 0) is 6.54 Å². The molecule has 0 aliphatic carbocycles. The van der Waals surface area contributed by atoms with Gasteiger partial charge in [-0.05, 0) is 30.7 Å². The molecule has 0 spiro atoms. The number of hydrogen-bond donors (Lipinski definition) is 1. The molecule has 3 aromatic rings. The smallest absolute Gasteiger partial charge is 0.341 e. The van der Waals surface area contributed by atoms with Gasteiger partial charge in [0.2, 0.25) is 5.43 Å². The van der Waals surface area contributed by atoms with Gasteiger partial charge in [0.15, 0.2) is 7.85 Å². The number of hydrogen-bond acceptors (Lipinski definition) is 4. The Morgan fingerprint density at radius 1 is 1.26 bits per heavy atom. The van der Waals surface area contributed by atoms with Crippen molar-refractivity contribution < 1.29 is 9.90 Å². The molecule has 0 bridgehead atoms. The standard InChI is InChI=1S/C16H14BN3O3/c1-9-5-6-11-14(21)12(16(22)23)8-20(15(11)18-9)7-10-3-2-4-13(17)19-10/h2-6,8H,7,17H2,1H3,(H,22,23). The predicted octanol–water partition coefficient (Wildman–Crippen LogP) is 0.105. The number of pyridine rings is 3. The fraction of sp³-hybridized carbons (Fsp3) is 0.125. The van der Waals surface area contributed by atoms with Crippen molar-refractivity contribution in [2.75, 3.05) is 0 Å². The van der Waals surface area contributed by atoms with E-state index in [-0.39, 0.29) is 5.56 Å². The van der Waals surface area contributed by atoms with Gasteiger partial charge in [0.25, 0.3) is 0 Å². The summed E-state index contributed by atoms with van der Waals surface area (Å²) in [5.41, 5.74) is 2.07. The van der Waals surface area contributed by atoms with Crippen LogP contribution < -0.4 is 11.0 Å². The summed E-state index contributed by atoms with van der Waals surface area (Å²) in [6.07, 6.45) is 1.34. The van der Waals surface area contributed by atoms with E-state index in [1.807, 2.05) is 33.0 Å². The summed E-state index contributed by atoms with van der Waals surface area (Å²) in [4.78, 5) is 32.5. The van der Waals surface area contributed by atoms with Crippen molar-refractivity contribution in [3.05, 3.63) is 63.7 Å². The topological polar surface area (TPSA) is 85.1 Å². The SMILES string of the molecule is Bc1cccc(Cn2cc(C(=O)O)c(=O)c3ccc(C)nc32)n1. The highest BCUT2D eigenvalue weighted by molar-refractivity contribution is 6.30. The summed E-state index contributed by atoms with van der Waals surface area (Å²) in [5.74, 6) is -1.25. The lowest BCUT2D eigenvalue weighted by Gasteiger charge is -2.12. The molecule has 0 aliphatic rings. The molecule has 0 atom stereocenters. The van der Waals surface area contributed by atoms with E-state index < -0.39 is 11.4 Å². The minimum atomic E-state index is -1.25. The van der Waals surface area contributed by atoms with Crippen molar-refractivity contribution in [3.8, 4) is 0 Å². The third-order valence-electron chi connectivity index (χ3n) is 3.57. The molecule has 0 aliphatic heterocycles. The minimum Gasteiger partial charge on any atom is -0.477 e. The number of nitrogens with zero attached hydrogens (tertiary/aromatic N) is 3. The van der Waals surface area contributed by atoms with Gasteiger partial charge in [0.05, 0.1) is 17.6 Å². The Kier molecular flexibility index (Phi) is 3.69. The first-order chi connectivity index (χ1) is 11.0. The fourth-order valence-electron chi connectivity index (χ4n) is 2.49. The van der Waals surface area contributed by atoms with Crippen LogP contribution in [0.4, 0.5) is 0 Å². The van der Waals surface area contributed by atoms with Gasteiger partial charge in [-0.25, -0.2) is 9.78 Å². The van der Waals surface area contributed by atoms with E-state index in [1.54, 1.807) is 16.7 Å². The Labute approximate surface area is 132 Å². The number of carboxylic acids is 1. The third-order valence-corrected chi connectivity index (χ3v) is 3.57. The fourth-order valence-corrected chi connectivity index (χ4v) is 2.49. The number of aryl methyl sites for hydroxylation is 1. The van der Waals surface area contributed by atoms with Gasteiger partial charge in [-0.3, -0.25) is 9.78 Å². The molecular formula is C16H14BN3O3. The van der Waals surface area contributed by atoms with E-state index in [4.69, 9.17) is 0 Å². The zero-order chi connectivity index (χ0) is 16.6. The molecule has 6 nitrogen and oxygen atoms in total. The molecular weight excluding hydrogens is 293 g/mol. The van der Waals surface area contributed by atoms with E-state index in [2.05, 4.69) is 9.97 Å². The molecule has 0 unspecified atom stereocenters. The van der Waals surface area contributed by atoms with Gasteiger partial charge >= 0.3 is 5.97 Å². The maximum Gasteiger partial charge on any atom is 0.341 e. The molecule has 7 heteroatoms. The monoisotopic (exact) mass is 307 g/mol. The lowest BCUT2D eigenvalue weighted by atomic mass is 10.0. The zero-order valence-corrected chi connectivity index (χ0v) is 12.8. The first-order valence-corrected chi connectivity index (χ1v) is 7.12. The van der Waals surface area contributed by atoms with E-state index in [0.29, 0.717) is 17.6 Å². The Morgan fingerprint density at radius 3 is 2.74 bits per heavy atom. The third kappa shape index (κ3) is 2.85. The van der Waals surface area contributed by atoms with Crippen LogP contribution in [0.2, 0.25) is 0 Å². The van der Waals surface area contributed by atoms with Crippen molar-refractivity contribution in [1.29, 1.82) is 0 Å². The van der Waals surface area contributed by atoms with Crippen LogP contribution in [0.1, 0.15) is 21.7 Å². The summed E-state index contributed by atoms with van der Waals surface area (Å²) in [5, 5.41) is 9.56. The number of rotatable bonds is 3. The zero-order valence-electron chi connectivity index (χ0n) is 12.8. The first-order valence-electron chi connectivity index (χ1n) is 7.12. The van der Waals surface area contributed by atoms with E-state index in [9.17, 15) is 14.7 Å². The summed E-state index contributed by atoms with van der Waals surface area (Å²) in [6, 6.07) is 8.95.